The van der Waals surface area contributed by atoms with Gasteiger partial charge in [-0.15, -0.1) is 0 Å². The van der Waals surface area contributed by atoms with Gasteiger partial charge in [-0.2, -0.15) is 0 Å². The lowest BCUT2D eigenvalue weighted by atomic mass is 10.1. The van der Waals surface area contributed by atoms with Crippen LogP contribution < -0.4 is 0 Å². The van der Waals surface area contributed by atoms with Crippen LogP contribution in [0.4, 0.5) is 0 Å². The van der Waals surface area contributed by atoms with Gasteiger partial charge in [0.05, 0.1) is 19.8 Å². The highest BCUT2D eigenvalue weighted by Gasteiger charge is 2.27. The Morgan fingerprint density at radius 2 is 0.912 bits per heavy atom. The first-order chi connectivity index (χ1) is 27.7. The van der Waals surface area contributed by atoms with Crippen LogP contribution in [0, 0.1) is 0 Å². The lowest BCUT2D eigenvalue weighted by Gasteiger charge is -2.20. The van der Waals surface area contributed by atoms with Gasteiger partial charge >= 0.3 is 19.8 Å². The van der Waals surface area contributed by atoms with Gasteiger partial charge in [0, 0.05) is 12.8 Å². The van der Waals surface area contributed by atoms with E-state index in [1.165, 1.54) is 89.9 Å². The minimum absolute atomic E-state index is 0.0511. The van der Waals surface area contributed by atoms with Crippen molar-refractivity contribution in [1.82, 2.24) is 0 Å². The molecule has 57 heavy (non-hydrogen) atoms. The monoisotopic (exact) mass is 823 g/mol. The minimum atomic E-state index is -4.65. The van der Waals surface area contributed by atoms with Crippen LogP contribution in [0.1, 0.15) is 168 Å². The number of carbonyl (C=O) groups excluding carboxylic acids is 2. The summed E-state index contributed by atoms with van der Waals surface area (Å²) in [5.41, 5.74) is 0. The first kappa shape index (κ1) is 54.4. The summed E-state index contributed by atoms with van der Waals surface area (Å²) < 4.78 is 32.6. The Kier molecular flexibility index (Phi) is 39.7. The zero-order chi connectivity index (χ0) is 41.9. The van der Waals surface area contributed by atoms with Crippen molar-refractivity contribution in [2.45, 2.75) is 180 Å². The fraction of sp³-hybridized carbons (Fsp3) is 0.696. The Labute approximate surface area is 346 Å². The molecule has 3 N–H and O–H groups in total. The Morgan fingerprint density at radius 1 is 0.526 bits per heavy atom. The minimum Gasteiger partial charge on any atom is -0.462 e. The van der Waals surface area contributed by atoms with E-state index < -0.39 is 51.8 Å². The molecule has 3 atom stereocenters. The van der Waals surface area contributed by atoms with Crippen molar-refractivity contribution in [2.24, 2.45) is 0 Å². The second-order valence-electron chi connectivity index (χ2n) is 14.4. The molecule has 1 unspecified atom stereocenters. The van der Waals surface area contributed by atoms with Crippen molar-refractivity contribution in [1.29, 1.82) is 0 Å². The third kappa shape index (κ3) is 41.4. The van der Waals surface area contributed by atoms with E-state index >= 15 is 0 Å². The molecule has 0 aliphatic rings. The van der Waals surface area contributed by atoms with Crippen molar-refractivity contribution in [2.75, 3.05) is 26.4 Å². The van der Waals surface area contributed by atoms with E-state index in [0.717, 1.165) is 38.5 Å². The second-order valence-corrected chi connectivity index (χ2v) is 15.8. The lowest BCUT2D eigenvalue weighted by molar-refractivity contribution is -0.161. The largest absolute Gasteiger partial charge is 0.472 e. The first-order valence-electron chi connectivity index (χ1n) is 21.9. The molecule has 0 saturated carbocycles. The maximum absolute atomic E-state index is 12.6. The van der Waals surface area contributed by atoms with Crippen LogP contribution in [0.25, 0.3) is 0 Å². The highest BCUT2D eigenvalue weighted by atomic mass is 31.2. The topological polar surface area (TPSA) is 149 Å². The quantitative estimate of drug-likeness (QED) is 0.0236. The van der Waals surface area contributed by atoms with Crippen molar-refractivity contribution in [3.05, 3.63) is 72.9 Å². The van der Waals surface area contributed by atoms with E-state index in [2.05, 4.69) is 73.1 Å². The zero-order valence-corrected chi connectivity index (χ0v) is 36.4. The van der Waals surface area contributed by atoms with Crippen LogP contribution in [-0.2, 0) is 32.7 Å². The summed E-state index contributed by atoms with van der Waals surface area (Å²) in [5, 5.41) is 18.3. The highest BCUT2D eigenvalue weighted by molar-refractivity contribution is 7.47. The number of unbranched alkanes of at least 4 members (excludes halogenated alkanes) is 14. The third-order valence-electron chi connectivity index (χ3n) is 8.86. The van der Waals surface area contributed by atoms with Crippen LogP contribution in [0.2, 0.25) is 0 Å². The molecule has 0 fully saturated rings. The normalized spacial score (nSPS) is 14.5. The molecule has 0 saturated heterocycles. The van der Waals surface area contributed by atoms with Crippen molar-refractivity contribution < 1.29 is 47.8 Å². The molecule has 0 aromatic heterocycles. The summed E-state index contributed by atoms with van der Waals surface area (Å²) in [7, 11) is -4.65. The molecular formula is C46H79O10P. The van der Waals surface area contributed by atoms with Gasteiger partial charge in [-0.1, -0.05) is 164 Å². The summed E-state index contributed by atoms with van der Waals surface area (Å²) in [5.74, 6) is -1.08. The van der Waals surface area contributed by atoms with Gasteiger partial charge in [-0.05, 0) is 64.2 Å². The average Bonchev–Trinajstić information content (AvgIpc) is 3.20. The summed E-state index contributed by atoms with van der Waals surface area (Å²) in [6.07, 6.45) is 47.5. The van der Waals surface area contributed by atoms with Gasteiger partial charge < -0.3 is 24.6 Å². The number of aliphatic hydroxyl groups is 2. The van der Waals surface area contributed by atoms with Gasteiger partial charge in [0.25, 0.3) is 0 Å². The number of hydrogen-bond acceptors (Lipinski definition) is 9. The molecule has 328 valence electrons. The van der Waals surface area contributed by atoms with Gasteiger partial charge in [0.1, 0.15) is 12.7 Å². The molecule has 0 aliphatic heterocycles. The highest BCUT2D eigenvalue weighted by Crippen LogP contribution is 2.43. The predicted octanol–water partition coefficient (Wildman–Crippen LogP) is 11.7. The number of ether oxygens (including phenoxy) is 2. The van der Waals surface area contributed by atoms with Crippen LogP contribution in [0.5, 0.6) is 0 Å². The van der Waals surface area contributed by atoms with Gasteiger partial charge in [-0.3, -0.25) is 18.6 Å². The maximum Gasteiger partial charge on any atom is 0.472 e. The van der Waals surface area contributed by atoms with E-state index in [9.17, 15) is 24.2 Å². The maximum atomic E-state index is 12.6. The number of hydrogen-bond donors (Lipinski definition) is 3. The summed E-state index contributed by atoms with van der Waals surface area (Å²) in [4.78, 5) is 34.9. The van der Waals surface area contributed by atoms with E-state index in [1.54, 1.807) is 0 Å². The number of allylic oxidation sites excluding steroid dienone is 12. The number of carbonyl (C=O) groups is 2. The number of phosphoric acid groups is 1. The van der Waals surface area contributed by atoms with Crippen LogP contribution in [0.3, 0.4) is 0 Å². The smallest absolute Gasteiger partial charge is 0.462 e. The predicted molar refractivity (Wildman–Crippen MR) is 233 cm³/mol. The van der Waals surface area contributed by atoms with Crippen LogP contribution >= 0.6 is 7.82 Å². The lowest BCUT2D eigenvalue weighted by Crippen LogP contribution is -2.29. The van der Waals surface area contributed by atoms with E-state index in [0.29, 0.717) is 12.8 Å². The van der Waals surface area contributed by atoms with Crippen molar-refractivity contribution >= 4 is 19.8 Å². The van der Waals surface area contributed by atoms with Crippen molar-refractivity contribution in [3.63, 3.8) is 0 Å². The molecule has 0 amide bonds. The van der Waals surface area contributed by atoms with Gasteiger partial charge in [0.15, 0.2) is 6.10 Å². The summed E-state index contributed by atoms with van der Waals surface area (Å²) in [6.45, 7) is 2.22. The molecule has 0 rings (SSSR count). The summed E-state index contributed by atoms with van der Waals surface area (Å²) >= 11 is 0. The van der Waals surface area contributed by atoms with E-state index in [1.807, 2.05) is 18.2 Å². The molecule has 0 aromatic carbocycles. The third-order valence-corrected chi connectivity index (χ3v) is 9.81. The van der Waals surface area contributed by atoms with Gasteiger partial charge in [0.2, 0.25) is 0 Å². The fourth-order valence-electron chi connectivity index (χ4n) is 5.46. The molecule has 0 heterocycles. The molecule has 0 bridgehead atoms. The van der Waals surface area contributed by atoms with Crippen LogP contribution in [-0.4, -0.2) is 65.7 Å². The Bertz CT molecular complexity index is 1180. The number of phosphoric ester groups is 1. The van der Waals surface area contributed by atoms with E-state index in [-0.39, 0.29) is 19.4 Å². The number of aliphatic hydroxyl groups excluding tert-OH is 2. The molecule has 10 nitrogen and oxygen atoms in total. The SMILES string of the molecule is CCCCC/C=C/C/C=C/C/C=C/C/C=C/C/C=C/CCC(=O)O[C@H](COC(=O)CC/C=C/CCCCCCCCCCCCC)COP(=O)(O)OC[C@@H](O)CO. The summed E-state index contributed by atoms with van der Waals surface area (Å²) in [6, 6.07) is 0. The second kappa shape index (κ2) is 41.6. The molecule has 0 radical (unpaired) electrons. The number of rotatable bonds is 40. The molecule has 0 aromatic rings. The standard InChI is InChI=1S/C46H79O10P/c1-3-5-7-9-11-13-15-17-19-20-21-22-24-26-28-30-32-34-36-38-46(50)56-44(42-55-57(51,52)54-40-43(48)39-47)41-53-45(49)37-35-33-31-29-27-25-23-18-16-14-12-10-8-6-4-2/h11,13,17,19,21-22,26,28,31-34,43-44,47-48H,3-10,12,14-16,18,20,23-25,27,29-30,35-42H2,1-2H3,(H,51,52)/b13-11+,19-17+,22-21+,28-26+,33-31+,34-32+/t43-,44+/m0/s1. The molecule has 0 aliphatic carbocycles. The fourth-order valence-corrected chi connectivity index (χ4v) is 6.25. The number of esters is 2. The van der Waals surface area contributed by atoms with Crippen LogP contribution in [0.15, 0.2) is 72.9 Å². The van der Waals surface area contributed by atoms with Gasteiger partial charge in [-0.25, -0.2) is 4.57 Å². The Hall–Kier alpha value is -2.59. The molecule has 0 spiro atoms. The molecule has 11 heteroatoms. The zero-order valence-electron chi connectivity index (χ0n) is 35.5. The molecular weight excluding hydrogens is 743 g/mol. The Morgan fingerprint density at radius 3 is 1.44 bits per heavy atom. The average molecular weight is 823 g/mol. The van der Waals surface area contributed by atoms with E-state index in [4.69, 9.17) is 19.1 Å². The Balaban J connectivity index is 4.47. The van der Waals surface area contributed by atoms with Crippen molar-refractivity contribution in [3.8, 4) is 0 Å². The first-order valence-corrected chi connectivity index (χ1v) is 23.4.